The van der Waals surface area contributed by atoms with E-state index in [-0.39, 0.29) is 12.4 Å². The van der Waals surface area contributed by atoms with Gasteiger partial charge >= 0.3 is 6.09 Å². The number of benzene rings is 2. The fourth-order valence-corrected chi connectivity index (χ4v) is 5.50. The standard InChI is InChI=1S/C30H31FN6O3Si/c1-41(2,3)17-16-39-20-35-14-12-26(34-35)22-6-4-21(5-7-22)25-18-32-36-15-13-28(33-29(25)36)37-27(19-40-30(37)38)23-8-10-24(31)11-9-23/h4-15,18,27H,16-17,19-20H2,1-3H3. The molecule has 41 heavy (non-hydrogen) atoms. The number of cyclic esters (lactones) is 1. The first-order valence-corrected chi connectivity index (χ1v) is 17.2. The zero-order valence-corrected chi connectivity index (χ0v) is 24.2. The molecule has 6 rings (SSSR count). The van der Waals surface area contributed by atoms with E-state index < -0.39 is 20.2 Å². The van der Waals surface area contributed by atoms with Crippen molar-refractivity contribution in [1.29, 1.82) is 0 Å². The lowest BCUT2D eigenvalue weighted by atomic mass is 10.1. The number of anilines is 1. The van der Waals surface area contributed by atoms with Crippen LogP contribution in [0, 0.1) is 5.82 Å². The first-order valence-electron chi connectivity index (χ1n) is 13.5. The summed E-state index contributed by atoms with van der Waals surface area (Å²) in [6.07, 6.45) is 4.95. The molecule has 4 heterocycles. The van der Waals surface area contributed by atoms with E-state index in [4.69, 9.17) is 14.5 Å². The van der Waals surface area contributed by atoms with Gasteiger partial charge in [-0.15, -0.1) is 0 Å². The van der Waals surface area contributed by atoms with Crippen molar-refractivity contribution in [3.05, 3.63) is 90.6 Å². The van der Waals surface area contributed by atoms with Gasteiger partial charge < -0.3 is 9.47 Å². The summed E-state index contributed by atoms with van der Waals surface area (Å²) < 4.78 is 28.1. The average molecular weight is 571 g/mol. The van der Waals surface area contributed by atoms with Crippen molar-refractivity contribution in [2.75, 3.05) is 18.1 Å². The second-order valence-electron chi connectivity index (χ2n) is 11.3. The number of rotatable bonds is 9. The minimum atomic E-state index is -1.12. The van der Waals surface area contributed by atoms with E-state index in [1.807, 2.05) is 41.2 Å². The highest BCUT2D eigenvalue weighted by atomic mass is 28.3. The Morgan fingerprint density at radius 2 is 1.76 bits per heavy atom. The number of nitrogens with zero attached hydrogens (tertiary/aromatic N) is 6. The van der Waals surface area contributed by atoms with Gasteiger partial charge in [0.05, 0.1) is 11.9 Å². The first-order chi connectivity index (χ1) is 19.7. The van der Waals surface area contributed by atoms with Gasteiger partial charge in [-0.25, -0.2) is 23.4 Å². The van der Waals surface area contributed by atoms with Crippen LogP contribution in [0.4, 0.5) is 15.0 Å². The summed E-state index contributed by atoms with van der Waals surface area (Å²) in [6, 6.07) is 18.5. The maximum absolute atomic E-state index is 13.5. The second-order valence-corrected chi connectivity index (χ2v) is 16.9. The fraction of sp³-hybridized carbons (Fsp3) is 0.267. The summed E-state index contributed by atoms with van der Waals surface area (Å²) in [5.74, 6) is 0.0977. The van der Waals surface area contributed by atoms with Gasteiger partial charge in [0.1, 0.15) is 31.0 Å². The van der Waals surface area contributed by atoms with Gasteiger partial charge in [0.15, 0.2) is 5.65 Å². The molecule has 1 unspecified atom stereocenters. The third-order valence-corrected chi connectivity index (χ3v) is 8.79. The normalized spacial score (nSPS) is 15.6. The number of hydrogen-bond donors (Lipinski definition) is 0. The van der Waals surface area contributed by atoms with Crippen molar-refractivity contribution in [2.24, 2.45) is 0 Å². The van der Waals surface area contributed by atoms with Gasteiger partial charge in [-0.1, -0.05) is 56.0 Å². The Morgan fingerprint density at radius 1 is 1.00 bits per heavy atom. The van der Waals surface area contributed by atoms with Crippen LogP contribution < -0.4 is 4.90 Å². The van der Waals surface area contributed by atoms with E-state index in [0.29, 0.717) is 18.2 Å². The molecule has 0 spiro atoms. The Kier molecular flexibility index (Phi) is 7.14. The molecule has 1 fully saturated rings. The zero-order valence-electron chi connectivity index (χ0n) is 23.2. The summed E-state index contributed by atoms with van der Waals surface area (Å²) in [4.78, 5) is 19.0. The van der Waals surface area contributed by atoms with E-state index in [1.54, 1.807) is 35.1 Å². The van der Waals surface area contributed by atoms with E-state index in [1.165, 1.54) is 17.0 Å². The lowest BCUT2D eigenvalue weighted by Crippen LogP contribution is -2.28. The third kappa shape index (κ3) is 5.77. The van der Waals surface area contributed by atoms with Gasteiger partial charge in [0.25, 0.3) is 0 Å². The highest BCUT2D eigenvalue weighted by molar-refractivity contribution is 6.76. The van der Waals surface area contributed by atoms with Crippen LogP contribution in [0.1, 0.15) is 11.6 Å². The Labute approximate surface area is 238 Å². The smallest absolute Gasteiger partial charge is 0.416 e. The molecule has 1 aliphatic rings. The number of hydrogen-bond acceptors (Lipinski definition) is 6. The van der Waals surface area contributed by atoms with E-state index in [9.17, 15) is 9.18 Å². The minimum Gasteiger partial charge on any atom is -0.447 e. The van der Waals surface area contributed by atoms with Crippen LogP contribution in [0.5, 0.6) is 0 Å². The molecule has 0 radical (unpaired) electrons. The van der Waals surface area contributed by atoms with Crippen molar-refractivity contribution in [2.45, 2.75) is 38.5 Å². The number of carbonyl (C=O) groups is 1. The van der Waals surface area contributed by atoms with Gasteiger partial charge in [0, 0.05) is 38.2 Å². The molecule has 5 aromatic rings. The van der Waals surface area contributed by atoms with E-state index in [0.717, 1.165) is 40.6 Å². The summed E-state index contributed by atoms with van der Waals surface area (Å²) in [5, 5.41) is 9.11. The van der Waals surface area contributed by atoms with Crippen LogP contribution in [-0.2, 0) is 16.2 Å². The summed E-state index contributed by atoms with van der Waals surface area (Å²) in [7, 11) is -1.12. The molecule has 1 amide bonds. The second kappa shape index (κ2) is 10.9. The monoisotopic (exact) mass is 570 g/mol. The van der Waals surface area contributed by atoms with E-state index >= 15 is 0 Å². The molecule has 0 bridgehead atoms. The highest BCUT2D eigenvalue weighted by Gasteiger charge is 2.36. The molecule has 0 saturated carbocycles. The predicted molar refractivity (Wildman–Crippen MR) is 157 cm³/mol. The molecule has 0 N–H and O–H groups in total. The molecule has 1 aliphatic heterocycles. The number of amides is 1. The van der Waals surface area contributed by atoms with Crippen molar-refractivity contribution in [3.8, 4) is 22.4 Å². The number of fused-ring (bicyclic) bond motifs is 1. The quantitative estimate of drug-likeness (QED) is 0.150. The Hall–Kier alpha value is -4.35. The van der Waals surface area contributed by atoms with Crippen molar-refractivity contribution in [1.82, 2.24) is 24.4 Å². The molecule has 0 aliphatic carbocycles. The minimum absolute atomic E-state index is 0.158. The topological polar surface area (TPSA) is 86.8 Å². The van der Waals surface area contributed by atoms with Crippen LogP contribution in [-0.4, -0.2) is 51.8 Å². The molecule has 3 aromatic heterocycles. The Morgan fingerprint density at radius 3 is 2.51 bits per heavy atom. The molecule has 11 heteroatoms. The van der Waals surface area contributed by atoms with Crippen LogP contribution in [0.15, 0.2) is 79.3 Å². The number of halogens is 1. The number of carbonyl (C=O) groups excluding carboxylic acids is 1. The molecule has 2 aromatic carbocycles. The van der Waals surface area contributed by atoms with Crippen molar-refractivity contribution < 1.29 is 18.7 Å². The largest absolute Gasteiger partial charge is 0.447 e. The lowest BCUT2D eigenvalue weighted by molar-refractivity contribution is 0.0787. The number of ether oxygens (including phenoxy) is 2. The molecular weight excluding hydrogens is 539 g/mol. The molecule has 1 atom stereocenters. The highest BCUT2D eigenvalue weighted by Crippen LogP contribution is 2.34. The zero-order chi connectivity index (χ0) is 28.6. The lowest BCUT2D eigenvalue weighted by Gasteiger charge is -2.20. The fourth-order valence-electron chi connectivity index (χ4n) is 4.75. The molecular formula is C30H31FN6O3Si. The molecule has 9 nitrogen and oxygen atoms in total. The number of aromatic nitrogens is 5. The third-order valence-electron chi connectivity index (χ3n) is 7.08. The summed E-state index contributed by atoms with van der Waals surface area (Å²) in [6.45, 7) is 8.35. The van der Waals surface area contributed by atoms with Crippen LogP contribution in [0.3, 0.4) is 0 Å². The summed E-state index contributed by atoms with van der Waals surface area (Å²) in [5.41, 5.74) is 4.98. The average Bonchev–Trinajstić information content (AvgIpc) is 3.69. The van der Waals surface area contributed by atoms with Crippen LogP contribution >= 0.6 is 0 Å². The van der Waals surface area contributed by atoms with E-state index in [2.05, 4.69) is 29.8 Å². The maximum Gasteiger partial charge on any atom is 0.416 e. The predicted octanol–water partition coefficient (Wildman–Crippen LogP) is 6.41. The SMILES string of the molecule is C[Si](C)(C)CCOCn1ccc(-c2ccc(-c3cnn4ccc(N5C(=O)OCC5c5ccc(F)cc5)nc34)cc2)n1. The van der Waals surface area contributed by atoms with Gasteiger partial charge in [-0.05, 0) is 41.4 Å². The van der Waals surface area contributed by atoms with Crippen molar-refractivity contribution in [3.63, 3.8) is 0 Å². The Balaban J connectivity index is 1.21. The van der Waals surface area contributed by atoms with Gasteiger partial charge in [0.2, 0.25) is 0 Å². The van der Waals surface area contributed by atoms with Gasteiger partial charge in [-0.2, -0.15) is 10.2 Å². The van der Waals surface area contributed by atoms with Crippen LogP contribution in [0.25, 0.3) is 28.0 Å². The van der Waals surface area contributed by atoms with Crippen LogP contribution in [0.2, 0.25) is 25.7 Å². The maximum atomic E-state index is 13.5. The molecule has 1 saturated heterocycles. The summed E-state index contributed by atoms with van der Waals surface area (Å²) >= 11 is 0. The first kappa shape index (κ1) is 26.8. The van der Waals surface area contributed by atoms with Gasteiger partial charge in [-0.3, -0.25) is 4.90 Å². The van der Waals surface area contributed by atoms with Crippen molar-refractivity contribution >= 4 is 25.6 Å². The molecule has 210 valence electrons. The Bertz CT molecular complexity index is 1680.